The van der Waals surface area contributed by atoms with Gasteiger partial charge >= 0.3 is 5.97 Å². The highest BCUT2D eigenvalue weighted by molar-refractivity contribution is 5.84. The first-order valence-electron chi connectivity index (χ1n) is 6.18. The summed E-state index contributed by atoms with van der Waals surface area (Å²) in [6.45, 7) is 4.76. The summed E-state index contributed by atoms with van der Waals surface area (Å²) in [5.41, 5.74) is 2.92. The lowest BCUT2D eigenvalue weighted by atomic mass is 10.1. The molecule has 0 aliphatic rings. The summed E-state index contributed by atoms with van der Waals surface area (Å²) in [5, 5.41) is 19.7. The smallest absolute Gasteiger partial charge is 0.328 e. The van der Waals surface area contributed by atoms with E-state index >= 15 is 0 Å². The molecule has 0 spiro atoms. The van der Waals surface area contributed by atoms with E-state index in [0.29, 0.717) is 5.75 Å². The summed E-state index contributed by atoms with van der Waals surface area (Å²) < 4.78 is 5.42. The highest BCUT2D eigenvalue weighted by Gasteiger charge is 2.19. The zero-order valence-electron chi connectivity index (χ0n) is 11.8. The summed E-state index contributed by atoms with van der Waals surface area (Å²) in [6.07, 6.45) is 0. The molecular weight excluding hydrogens is 262 g/mol. The van der Waals surface area contributed by atoms with Crippen LogP contribution in [0.1, 0.15) is 16.7 Å². The molecule has 1 atom stereocenters. The Morgan fingerprint density at radius 2 is 1.80 bits per heavy atom. The number of carboxylic acids is 1. The molecular formula is C14H19NO5. The van der Waals surface area contributed by atoms with E-state index in [1.165, 1.54) is 0 Å². The lowest BCUT2D eigenvalue weighted by molar-refractivity contribution is -0.143. The molecule has 0 radical (unpaired) electrons. The van der Waals surface area contributed by atoms with Crippen molar-refractivity contribution in [1.82, 2.24) is 5.32 Å². The molecule has 1 aromatic carbocycles. The van der Waals surface area contributed by atoms with Gasteiger partial charge in [-0.05, 0) is 31.9 Å². The van der Waals surface area contributed by atoms with E-state index < -0.39 is 24.5 Å². The molecule has 1 amide bonds. The third-order valence-corrected chi connectivity index (χ3v) is 2.77. The van der Waals surface area contributed by atoms with Gasteiger partial charge in [0.1, 0.15) is 11.8 Å². The Kier molecular flexibility index (Phi) is 5.52. The van der Waals surface area contributed by atoms with Crippen LogP contribution in [0.2, 0.25) is 0 Å². The largest absolute Gasteiger partial charge is 0.483 e. The minimum absolute atomic E-state index is 0.297. The number of hydrogen-bond acceptors (Lipinski definition) is 4. The van der Waals surface area contributed by atoms with Crippen molar-refractivity contribution in [2.75, 3.05) is 13.2 Å². The van der Waals surface area contributed by atoms with Gasteiger partial charge in [-0.15, -0.1) is 0 Å². The van der Waals surface area contributed by atoms with Gasteiger partial charge < -0.3 is 20.3 Å². The second-order valence-corrected chi connectivity index (χ2v) is 4.66. The van der Waals surface area contributed by atoms with Crippen molar-refractivity contribution >= 4 is 11.9 Å². The van der Waals surface area contributed by atoms with Crippen LogP contribution in [0, 0.1) is 20.8 Å². The topological polar surface area (TPSA) is 95.9 Å². The van der Waals surface area contributed by atoms with Gasteiger partial charge in [-0.2, -0.15) is 0 Å². The molecule has 110 valence electrons. The number of carbonyl (C=O) groups is 2. The van der Waals surface area contributed by atoms with Gasteiger partial charge in [0.2, 0.25) is 0 Å². The van der Waals surface area contributed by atoms with Crippen LogP contribution in [0.3, 0.4) is 0 Å². The van der Waals surface area contributed by atoms with Crippen LogP contribution in [0.15, 0.2) is 12.1 Å². The van der Waals surface area contributed by atoms with Crippen molar-refractivity contribution in [1.29, 1.82) is 0 Å². The molecule has 20 heavy (non-hydrogen) atoms. The van der Waals surface area contributed by atoms with Crippen molar-refractivity contribution in [3.05, 3.63) is 28.8 Å². The van der Waals surface area contributed by atoms with E-state index in [2.05, 4.69) is 5.32 Å². The van der Waals surface area contributed by atoms with E-state index in [1.54, 1.807) is 0 Å². The predicted octanol–water partition coefficient (Wildman–Crippen LogP) is 0.552. The third kappa shape index (κ3) is 4.24. The maximum atomic E-state index is 11.6. The van der Waals surface area contributed by atoms with Gasteiger partial charge in [-0.25, -0.2) is 4.79 Å². The number of aliphatic hydroxyl groups excluding tert-OH is 1. The van der Waals surface area contributed by atoms with Gasteiger partial charge in [0.15, 0.2) is 6.61 Å². The quantitative estimate of drug-likeness (QED) is 0.708. The van der Waals surface area contributed by atoms with Crippen LogP contribution >= 0.6 is 0 Å². The summed E-state index contributed by atoms with van der Waals surface area (Å²) in [7, 11) is 0. The second-order valence-electron chi connectivity index (χ2n) is 4.66. The summed E-state index contributed by atoms with van der Waals surface area (Å²) in [4.78, 5) is 22.2. The zero-order valence-corrected chi connectivity index (χ0v) is 11.8. The Balaban J connectivity index is 2.64. The molecule has 0 saturated carbocycles. The molecule has 1 unspecified atom stereocenters. The van der Waals surface area contributed by atoms with Crippen LogP contribution < -0.4 is 10.1 Å². The summed E-state index contributed by atoms with van der Waals surface area (Å²) in [5.74, 6) is -1.27. The molecule has 0 saturated heterocycles. The highest BCUT2D eigenvalue weighted by Crippen LogP contribution is 2.24. The summed E-state index contributed by atoms with van der Waals surface area (Å²) in [6, 6.07) is 2.56. The van der Waals surface area contributed by atoms with E-state index in [1.807, 2.05) is 32.9 Å². The number of carboxylic acid groups (broad SMARTS) is 1. The monoisotopic (exact) mass is 281 g/mol. The number of aliphatic carboxylic acids is 1. The number of amides is 1. The minimum atomic E-state index is -1.31. The molecule has 0 aliphatic heterocycles. The van der Waals surface area contributed by atoms with Crippen LogP contribution in [-0.4, -0.2) is 41.3 Å². The average Bonchev–Trinajstić information content (AvgIpc) is 2.34. The Morgan fingerprint density at radius 3 is 2.25 bits per heavy atom. The fourth-order valence-electron chi connectivity index (χ4n) is 1.95. The summed E-state index contributed by atoms with van der Waals surface area (Å²) >= 11 is 0. The average molecular weight is 281 g/mol. The van der Waals surface area contributed by atoms with E-state index in [4.69, 9.17) is 14.9 Å². The standard InChI is InChI=1S/C14H19NO5/c1-8-4-9(2)13(10(3)5-8)20-7-12(17)15-11(6-16)14(18)19/h4-5,11,16H,6-7H2,1-3H3,(H,15,17)(H,18,19). The molecule has 1 aromatic rings. The van der Waals surface area contributed by atoms with Crippen molar-refractivity contribution in [2.45, 2.75) is 26.8 Å². The molecule has 6 nitrogen and oxygen atoms in total. The predicted molar refractivity (Wildman–Crippen MR) is 72.8 cm³/mol. The number of aryl methyl sites for hydroxylation is 3. The Labute approximate surface area is 117 Å². The number of rotatable bonds is 6. The maximum Gasteiger partial charge on any atom is 0.328 e. The van der Waals surface area contributed by atoms with Crippen molar-refractivity contribution in [3.63, 3.8) is 0 Å². The lowest BCUT2D eigenvalue weighted by Crippen LogP contribution is -2.45. The molecule has 0 aromatic heterocycles. The normalized spacial score (nSPS) is 11.8. The minimum Gasteiger partial charge on any atom is -0.483 e. The third-order valence-electron chi connectivity index (χ3n) is 2.77. The fraction of sp³-hybridized carbons (Fsp3) is 0.429. The van der Waals surface area contributed by atoms with Crippen LogP contribution in [0.25, 0.3) is 0 Å². The molecule has 0 fully saturated rings. The number of nitrogens with one attached hydrogen (secondary N) is 1. The van der Waals surface area contributed by atoms with Crippen molar-refractivity contribution in [2.24, 2.45) is 0 Å². The number of hydrogen-bond donors (Lipinski definition) is 3. The first-order valence-corrected chi connectivity index (χ1v) is 6.18. The zero-order chi connectivity index (χ0) is 15.3. The van der Waals surface area contributed by atoms with Crippen molar-refractivity contribution in [3.8, 4) is 5.75 Å². The number of benzene rings is 1. The molecule has 3 N–H and O–H groups in total. The highest BCUT2D eigenvalue weighted by atomic mass is 16.5. The molecule has 6 heteroatoms. The van der Waals surface area contributed by atoms with Crippen LogP contribution in [0.4, 0.5) is 0 Å². The second kappa shape index (κ2) is 6.91. The number of ether oxygens (including phenoxy) is 1. The van der Waals surface area contributed by atoms with Gasteiger partial charge in [0.05, 0.1) is 6.61 Å². The Hall–Kier alpha value is -2.08. The lowest BCUT2D eigenvalue weighted by Gasteiger charge is -2.15. The van der Waals surface area contributed by atoms with Gasteiger partial charge in [-0.3, -0.25) is 4.79 Å². The molecule has 0 aliphatic carbocycles. The Morgan fingerprint density at radius 1 is 1.25 bits per heavy atom. The van der Waals surface area contributed by atoms with E-state index in [-0.39, 0.29) is 6.61 Å². The maximum absolute atomic E-state index is 11.6. The van der Waals surface area contributed by atoms with Gasteiger partial charge in [0.25, 0.3) is 5.91 Å². The van der Waals surface area contributed by atoms with E-state index in [0.717, 1.165) is 16.7 Å². The van der Waals surface area contributed by atoms with E-state index in [9.17, 15) is 9.59 Å². The number of carbonyl (C=O) groups excluding carboxylic acids is 1. The first-order chi connectivity index (χ1) is 9.35. The Bertz CT molecular complexity index is 489. The molecule has 0 bridgehead atoms. The molecule has 0 heterocycles. The number of aliphatic hydroxyl groups is 1. The van der Waals surface area contributed by atoms with Gasteiger partial charge in [-0.1, -0.05) is 17.7 Å². The first kappa shape index (κ1) is 16.0. The van der Waals surface area contributed by atoms with Crippen LogP contribution in [-0.2, 0) is 9.59 Å². The SMILES string of the molecule is Cc1cc(C)c(OCC(=O)NC(CO)C(=O)O)c(C)c1. The van der Waals surface area contributed by atoms with Crippen LogP contribution in [0.5, 0.6) is 5.75 Å². The van der Waals surface area contributed by atoms with Crippen molar-refractivity contribution < 1.29 is 24.5 Å². The molecule has 1 rings (SSSR count). The van der Waals surface area contributed by atoms with Gasteiger partial charge in [0, 0.05) is 0 Å². The fourth-order valence-corrected chi connectivity index (χ4v) is 1.95.